The number of methoxy groups -OCH3 is 1. The maximum absolute atomic E-state index is 13.4. The van der Waals surface area contributed by atoms with Gasteiger partial charge >= 0.3 is 0 Å². The van der Waals surface area contributed by atoms with Crippen LogP contribution in [0.25, 0.3) is 0 Å². The number of aromatic nitrogens is 4. The van der Waals surface area contributed by atoms with Crippen LogP contribution in [0.1, 0.15) is 44.3 Å². The van der Waals surface area contributed by atoms with Crippen molar-refractivity contribution >= 4 is 11.6 Å². The summed E-state index contributed by atoms with van der Waals surface area (Å²) in [7, 11) is 1.64. The first kappa shape index (κ1) is 16.7. The van der Waals surface area contributed by atoms with Crippen molar-refractivity contribution in [3.63, 3.8) is 0 Å². The van der Waals surface area contributed by atoms with Crippen LogP contribution < -0.4 is 10.1 Å². The summed E-state index contributed by atoms with van der Waals surface area (Å²) in [6, 6.07) is 7.54. The molecule has 1 amide bonds. The minimum absolute atomic E-state index is 0.142. The molecule has 2 atom stereocenters. The number of aryl methyl sites for hydroxylation is 1. The summed E-state index contributed by atoms with van der Waals surface area (Å²) < 4.78 is 5.20. The number of tetrazole rings is 1. The van der Waals surface area contributed by atoms with E-state index in [1.807, 2.05) is 36.0 Å². The molecule has 7 nitrogen and oxygen atoms in total. The molecule has 4 saturated carbocycles. The third kappa shape index (κ3) is 2.63. The molecule has 7 heteroatoms. The number of anilines is 1. The molecule has 0 saturated heterocycles. The van der Waals surface area contributed by atoms with E-state index in [9.17, 15) is 4.79 Å². The maximum Gasteiger partial charge on any atom is 0.230 e. The molecule has 0 radical (unpaired) electrons. The highest BCUT2D eigenvalue weighted by Gasteiger charge is 2.62. The Balaban J connectivity index is 1.43. The van der Waals surface area contributed by atoms with Gasteiger partial charge < -0.3 is 10.1 Å². The second-order valence-corrected chi connectivity index (χ2v) is 8.77. The Morgan fingerprint density at radius 3 is 2.48 bits per heavy atom. The summed E-state index contributed by atoms with van der Waals surface area (Å²) >= 11 is 0. The number of benzene rings is 1. The first-order valence-electron chi connectivity index (χ1n) is 9.73. The lowest BCUT2D eigenvalue weighted by atomic mass is 9.46. The Morgan fingerprint density at radius 2 is 1.89 bits per heavy atom. The predicted octanol–water partition coefficient (Wildman–Crippen LogP) is 2.92. The second kappa shape index (κ2) is 5.78. The number of carbonyl (C=O) groups is 1. The van der Waals surface area contributed by atoms with Gasteiger partial charge in [-0.15, -0.1) is 10.2 Å². The Hall–Kier alpha value is -2.44. The number of hydrogen-bond donors (Lipinski definition) is 1. The van der Waals surface area contributed by atoms with Gasteiger partial charge in [-0.1, -0.05) is 0 Å². The van der Waals surface area contributed by atoms with Crippen molar-refractivity contribution in [2.24, 2.45) is 17.3 Å². The first-order valence-corrected chi connectivity index (χ1v) is 9.73. The van der Waals surface area contributed by atoms with E-state index in [0.717, 1.165) is 43.5 Å². The summed E-state index contributed by atoms with van der Waals surface area (Å²) in [5, 5.41) is 16.1. The second-order valence-electron chi connectivity index (χ2n) is 8.77. The van der Waals surface area contributed by atoms with Crippen LogP contribution in [0.5, 0.6) is 5.75 Å². The molecular weight excluding hydrogens is 342 g/mol. The monoisotopic (exact) mass is 367 g/mol. The third-order valence-corrected chi connectivity index (χ3v) is 6.80. The van der Waals surface area contributed by atoms with Crippen molar-refractivity contribution in [1.29, 1.82) is 0 Å². The van der Waals surface area contributed by atoms with Crippen LogP contribution in [0.3, 0.4) is 0 Å². The van der Waals surface area contributed by atoms with Gasteiger partial charge in [-0.2, -0.15) is 4.80 Å². The molecule has 4 aliphatic carbocycles. The summed E-state index contributed by atoms with van der Waals surface area (Å²) in [6.07, 6.45) is 6.12. The largest absolute Gasteiger partial charge is 0.497 e. The van der Waals surface area contributed by atoms with Crippen LogP contribution >= 0.6 is 0 Å². The van der Waals surface area contributed by atoms with Gasteiger partial charge in [0.25, 0.3) is 0 Å². The Labute approximate surface area is 158 Å². The van der Waals surface area contributed by atoms with Crippen LogP contribution in [-0.4, -0.2) is 33.2 Å². The van der Waals surface area contributed by atoms with Gasteiger partial charge in [-0.3, -0.25) is 4.79 Å². The third-order valence-electron chi connectivity index (χ3n) is 6.80. The normalized spacial score (nSPS) is 33.9. The van der Waals surface area contributed by atoms with Crippen molar-refractivity contribution in [3.8, 4) is 5.75 Å². The number of nitrogens with zero attached hydrogens (tertiary/aromatic N) is 4. The molecule has 6 rings (SSSR count). The SMILES string of the molecule is COc1ccc(NC(=O)C23C[C@H]4C[C@H](C2)CC(n2nnc(C)n2)(C4)C3)cc1. The van der Waals surface area contributed by atoms with Gasteiger partial charge in [-0.25, -0.2) is 0 Å². The molecule has 1 aromatic carbocycles. The lowest BCUT2D eigenvalue weighted by molar-refractivity contribution is -0.152. The highest BCUT2D eigenvalue weighted by Crippen LogP contribution is 2.64. The zero-order chi connectivity index (χ0) is 18.6. The van der Waals surface area contributed by atoms with E-state index >= 15 is 0 Å². The molecule has 1 N–H and O–H groups in total. The van der Waals surface area contributed by atoms with Gasteiger partial charge in [0.15, 0.2) is 5.82 Å². The fourth-order valence-electron chi connectivity index (χ4n) is 6.14. The molecular formula is C20H25N5O2. The van der Waals surface area contributed by atoms with Crippen LogP contribution in [0, 0.1) is 24.2 Å². The number of amides is 1. The Morgan fingerprint density at radius 1 is 1.19 bits per heavy atom. The van der Waals surface area contributed by atoms with Crippen molar-refractivity contribution in [2.45, 2.75) is 51.0 Å². The van der Waals surface area contributed by atoms with E-state index in [2.05, 4.69) is 20.7 Å². The van der Waals surface area contributed by atoms with E-state index in [1.165, 1.54) is 6.42 Å². The average molecular weight is 367 g/mol. The van der Waals surface area contributed by atoms with Crippen LogP contribution in [0.4, 0.5) is 5.69 Å². The quantitative estimate of drug-likeness (QED) is 0.898. The zero-order valence-electron chi connectivity index (χ0n) is 15.8. The molecule has 1 aromatic heterocycles. The number of hydrogen-bond acceptors (Lipinski definition) is 5. The lowest BCUT2D eigenvalue weighted by Gasteiger charge is -2.60. The number of carbonyl (C=O) groups excluding carboxylic acids is 1. The molecule has 4 fully saturated rings. The summed E-state index contributed by atoms with van der Waals surface area (Å²) in [4.78, 5) is 15.2. The number of rotatable bonds is 4. The first-order chi connectivity index (χ1) is 13.0. The Kier molecular flexibility index (Phi) is 3.58. The van der Waals surface area contributed by atoms with Gasteiger partial charge in [0.1, 0.15) is 5.75 Å². The van der Waals surface area contributed by atoms with Gasteiger partial charge in [0.2, 0.25) is 5.91 Å². The minimum Gasteiger partial charge on any atom is -0.497 e. The van der Waals surface area contributed by atoms with E-state index < -0.39 is 0 Å². The Bertz CT molecular complexity index is 861. The topological polar surface area (TPSA) is 81.9 Å². The molecule has 0 aliphatic heterocycles. The minimum atomic E-state index is -0.328. The molecule has 1 heterocycles. The van der Waals surface area contributed by atoms with Crippen molar-refractivity contribution in [3.05, 3.63) is 30.1 Å². The van der Waals surface area contributed by atoms with E-state index in [1.54, 1.807) is 7.11 Å². The molecule has 142 valence electrons. The van der Waals surface area contributed by atoms with Crippen LogP contribution in [-0.2, 0) is 10.3 Å². The molecule has 2 aromatic rings. The molecule has 4 bridgehead atoms. The maximum atomic E-state index is 13.4. The molecule has 4 aliphatic rings. The summed E-state index contributed by atoms with van der Waals surface area (Å²) in [6.45, 7) is 1.87. The highest BCUT2D eigenvalue weighted by molar-refractivity contribution is 5.95. The van der Waals surface area contributed by atoms with Gasteiger partial charge in [-0.05, 0) is 86.8 Å². The van der Waals surface area contributed by atoms with E-state index in [4.69, 9.17) is 4.74 Å². The zero-order valence-corrected chi connectivity index (χ0v) is 15.8. The van der Waals surface area contributed by atoms with E-state index in [0.29, 0.717) is 17.7 Å². The van der Waals surface area contributed by atoms with Crippen molar-refractivity contribution in [2.75, 3.05) is 12.4 Å². The summed E-state index contributed by atoms with van der Waals surface area (Å²) in [5.41, 5.74) is 0.342. The van der Waals surface area contributed by atoms with Gasteiger partial charge in [0, 0.05) is 5.69 Å². The molecule has 0 unspecified atom stereocenters. The highest BCUT2D eigenvalue weighted by atomic mass is 16.5. The average Bonchev–Trinajstić information content (AvgIpc) is 3.09. The van der Waals surface area contributed by atoms with Crippen molar-refractivity contribution in [1.82, 2.24) is 20.2 Å². The predicted molar refractivity (Wildman–Crippen MR) is 99.3 cm³/mol. The standard InChI is InChI=1S/C20H25N5O2/c1-13-22-24-25(23-13)20-10-14-7-15(11-20)9-19(8-14,12-20)18(26)21-16-3-5-17(27-2)6-4-16/h3-6,14-15H,7-12H2,1-2H3,(H,21,26)/t14-,15-,19?,20?/m1/s1. The number of ether oxygens (including phenoxy) is 1. The van der Waals surface area contributed by atoms with Crippen LogP contribution in [0.2, 0.25) is 0 Å². The van der Waals surface area contributed by atoms with Crippen LogP contribution in [0.15, 0.2) is 24.3 Å². The smallest absolute Gasteiger partial charge is 0.230 e. The van der Waals surface area contributed by atoms with E-state index in [-0.39, 0.29) is 16.9 Å². The van der Waals surface area contributed by atoms with Gasteiger partial charge in [0.05, 0.1) is 18.1 Å². The molecule has 27 heavy (non-hydrogen) atoms. The summed E-state index contributed by atoms with van der Waals surface area (Å²) in [5.74, 6) is 2.76. The van der Waals surface area contributed by atoms with Crippen molar-refractivity contribution < 1.29 is 9.53 Å². The fourth-order valence-corrected chi connectivity index (χ4v) is 6.14. The number of nitrogens with one attached hydrogen (secondary N) is 1. The lowest BCUT2D eigenvalue weighted by Crippen LogP contribution is -2.60. The fraction of sp³-hybridized carbons (Fsp3) is 0.600. The molecule has 0 spiro atoms.